The van der Waals surface area contributed by atoms with Crippen LogP contribution in [0.4, 0.5) is 5.69 Å². The minimum atomic E-state index is 0.508. The number of piperidine rings is 1. The first-order chi connectivity index (χ1) is 13.7. The Hall–Kier alpha value is -1.39. The van der Waals surface area contributed by atoms with Gasteiger partial charge in [-0.05, 0) is 57.7 Å². The molecule has 1 aromatic carbocycles. The molecule has 0 aromatic heterocycles. The van der Waals surface area contributed by atoms with Crippen molar-refractivity contribution >= 4 is 11.9 Å². The molecule has 0 bridgehead atoms. The van der Waals surface area contributed by atoms with Crippen LogP contribution in [0.3, 0.4) is 0 Å². The molecule has 0 aliphatic carbocycles. The molecule has 2 saturated heterocycles. The summed E-state index contributed by atoms with van der Waals surface area (Å²) < 4.78 is 0. The molecule has 0 amide bonds. The fourth-order valence-corrected chi connectivity index (χ4v) is 3.17. The zero-order valence-electron chi connectivity index (χ0n) is 19.9. The molecule has 0 saturated carbocycles. The molecule has 3 rings (SSSR count). The third-order valence-electron chi connectivity index (χ3n) is 4.88. The number of anilines is 1. The van der Waals surface area contributed by atoms with Gasteiger partial charge in [0.1, 0.15) is 0 Å². The van der Waals surface area contributed by atoms with E-state index in [9.17, 15) is 0 Å². The highest BCUT2D eigenvalue weighted by molar-refractivity contribution is 5.80. The van der Waals surface area contributed by atoms with Crippen molar-refractivity contribution in [2.75, 3.05) is 58.3 Å². The van der Waals surface area contributed by atoms with Crippen molar-refractivity contribution in [1.82, 2.24) is 9.80 Å². The Balaban J connectivity index is 0.00000111. The standard InChI is InChI=1S/C18H28N4.3C2H6/c1-20-9-7-17(8-10-20)19-15-16-3-5-18(6-4-16)22-13-11-21(2)12-14-22;3*1-2/h3-6,15,17H,7-14H2,1-2H3;3*1-2H3. The molecule has 0 N–H and O–H groups in total. The first-order valence-corrected chi connectivity index (χ1v) is 11.5. The zero-order valence-corrected chi connectivity index (χ0v) is 19.9. The Bertz CT molecular complexity index is 482. The summed E-state index contributed by atoms with van der Waals surface area (Å²) in [6.07, 6.45) is 4.43. The van der Waals surface area contributed by atoms with Gasteiger partial charge in [0.2, 0.25) is 0 Å². The lowest BCUT2D eigenvalue weighted by Gasteiger charge is -2.34. The van der Waals surface area contributed by atoms with E-state index in [1.807, 2.05) is 41.5 Å². The van der Waals surface area contributed by atoms with E-state index >= 15 is 0 Å². The molecule has 4 nitrogen and oxygen atoms in total. The fraction of sp³-hybridized carbons (Fsp3) is 0.708. The summed E-state index contributed by atoms with van der Waals surface area (Å²) in [4.78, 5) is 12.0. The van der Waals surface area contributed by atoms with Gasteiger partial charge in [0.25, 0.3) is 0 Å². The van der Waals surface area contributed by atoms with Gasteiger partial charge in [-0.3, -0.25) is 4.99 Å². The van der Waals surface area contributed by atoms with E-state index in [0.29, 0.717) is 6.04 Å². The maximum atomic E-state index is 4.77. The largest absolute Gasteiger partial charge is 0.369 e. The molecule has 0 radical (unpaired) electrons. The molecule has 0 spiro atoms. The molecule has 162 valence electrons. The van der Waals surface area contributed by atoms with Crippen LogP contribution in [0.5, 0.6) is 0 Å². The van der Waals surface area contributed by atoms with E-state index in [-0.39, 0.29) is 0 Å². The molecule has 1 aromatic rings. The van der Waals surface area contributed by atoms with Gasteiger partial charge in [0.15, 0.2) is 0 Å². The van der Waals surface area contributed by atoms with Crippen LogP contribution < -0.4 is 4.90 Å². The van der Waals surface area contributed by atoms with Gasteiger partial charge in [0, 0.05) is 38.1 Å². The lowest BCUT2D eigenvalue weighted by Crippen LogP contribution is -2.44. The molecule has 0 atom stereocenters. The van der Waals surface area contributed by atoms with E-state index < -0.39 is 0 Å². The van der Waals surface area contributed by atoms with Crippen molar-refractivity contribution in [1.29, 1.82) is 0 Å². The van der Waals surface area contributed by atoms with Crippen LogP contribution in [0.15, 0.2) is 29.3 Å². The van der Waals surface area contributed by atoms with Crippen LogP contribution in [0.2, 0.25) is 0 Å². The van der Waals surface area contributed by atoms with E-state index in [1.54, 1.807) is 0 Å². The summed E-state index contributed by atoms with van der Waals surface area (Å²) in [5, 5.41) is 0. The highest BCUT2D eigenvalue weighted by Gasteiger charge is 2.15. The maximum Gasteiger partial charge on any atom is 0.0524 e. The van der Waals surface area contributed by atoms with Gasteiger partial charge in [-0.2, -0.15) is 0 Å². The second kappa shape index (κ2) is 16.6. The minimum absolute atomic E-state index is 0.508. The Morgan fingerprint density at radius 1 is 0.714 bits per heavy atom. The second-order valence-electron chi connectivity index (χ2n) is 6.69. The minimum Gasteiger partial charge on any atom is -0.369 e. The number of likely N-dealkylation sites (N-methyl/N-ethyl adjacent to an activating group) is 1. The third-order valence-corrected chi connectivity index (χ3v) is 4.88. The molecule has 28 heavy (non-hydrogen) atoms. The summed E-state index contributed by atoms with van der Waals surface area (Å²) in [5.74, 6) is 0. The number of likely N-dealkylation sites (tertiary alicyclic amines) is 1. The topological polar surface area (TPSA) is 22.1 Å². The van der Waals surface area contributed by atoms with Gasteiger partial charge in [-0.15, -0.1) is 0 Å². The number of benzene rings is 1. The molecule has 2 aliphatic heterocycles. The van der Waals surface area contributed by atoms with Crippen LogP contribution in [-0.4, -0.2) is 75.4 Å². The van der Waals surface area contributed by atoms with Crippen LogP contribution in [0, 0.1) is 0 Å². The lowest BCUT2D eigenvalue weighted by atomic mass is 10.1. The average molecular weight is 391 g/mol. The molecule has 2 heterocycles. The Morgan fingerprint density at radius 2 is 1.18 bits per heavy atom. The normalized spacial score (nSPS) is 18.4. The summed E-state index contributed by atoms with van der Waals surface area (Å²) in [6, 6.07) is 9.38. The van der Waals surface area contributed by atoms with Crippen molar-refractivity contribution in [3.63, 3.8) is 0 Å². The van der Waals surface area contributed by atoms with Crippen LogP contribution in [-0.2, 0) is 0 Å². The van der Waals surface area contributed by atoms with E-state index in [1.165, 1.54) is 37.2 Å². The van der Waals surface area contributed by atoms with Crippen molar-refractivity contribution in [2.24, 2.45) is 4.99 Å². The number of nitrogens with zero attached hydrogens (tertiary/aromatic N) is 4. The molecular weight excluding hydrogens is 344 g/mol. The Kier molecular flexibility index (Phi) is 15.7. The smallest absolute Gasteiger partial charge is 0.0524 e. The number of piperazine rings is 1. The SMILES string of the molecule is CC.CC.CC.CN1CCC(N=Cc2ccc(N3CCN(C)CC3)cc2)CC1. The third kappa shape index (κ3) is 9.70. The first kappa shape index (κ1) is 26.6. The van der Waals surface area contributed by atoms with Crippen LogP contribution in [0.1, 0.15) is 59.9 Å². The maximum absolute atomic E-state index is 4.77. The number of aliphatic imine (C=N–C) groups is 1. The predicted molar refractivity (Wildman–Crippen MR) is 128 cm³/mol. The van der Waals surface area contributed by atoms with Crippen molar-refractivity contribution in [2.45, 2.75) is 60.4 Å². The van der Waals surface area contributed by atoms with Crippen molar-refractivity contribution in [3.05, 3.63) is 29.8 Å². The lowest BCUT2D eigenvalue weighted by molar-refractivity contribution is 0.257. The van der Waals surface area contributed by atoms with E-state index in [2.05, 4.69) is 59.3 Å². The van der Waals surface area contributed by atoms with Gasteiger partial charge >= 0.3 is 0 Å². The average Bonchev–Trinajstić information content (AvgIpc) is 2.78. The highest BCUT2D eigenvalue weighted by Crippen LogP contribution is 2.17. The monoisotopic (exact) mass is 390 g/mol. The summed E-state index contributed by atoms with van der Waals surface area (Å²) in [7, 11) is 4.39. The first-order valence-electron chi connectivity index (χ1n) is 11.5. The number of rotatable bonds is 3. The van der Waals surface area contributed by atoms with E-state index in [0.717, 1.165) is 26.2 Å². The number of hydrogen-bond acceptors (Lipinski definition) is 4. The molecular formula is C24H46N4. The second-order valence-corrected chi connectivity index (χ2v) is 6.69. The van der Waals surface area contributed by atoms with Crippen molar-refractivity contribution in [3.8, 4) is 0 Å². The van der Waals surface area contributed by atoms with Crippen LogP contribution in [0.25, 0.3) is 0 Å². The van der Waals surface area contributed by atoms with Crippen LogP contribution >= 0.6 is 0 Å². The van der Waals surface area contributed by atoms with E-state index in [4.69, 9.17) is 4.99 Å². The molecule has 0 unspecified atom stereocenters. The van der Waals surface area contributed by atoms with Crippen molar-refractivity contribution < 1.29 is 0 Å². The Labute approximate surface area is 175 Å². The Morgan fingerprint density at radius 3 is 1.68 bits per heavy atom. The predicted octanol–water partition coefficient (Wildman–Crippen LogP) is 5.03. The summed E-state index contributed by atoms with van der Waals surface area (Å²) in [6.45, 7) is 18.9. The fourth-order valence-electron chi connectivity index (χ4n) is 3.17. The highest BCUT2D eigenvalue weighted by atomic mass is 15.2. The van der Waals surface area contributed by atoms with Gasteiger partial charge in [-0.25, -0.2) is 0 Å². The van der Waals surface area contributed by atoms with Gasteiger partial charge < -0.3 is 14.7 Å². The molecule has 4 heteroatoms. The molecule has 2 fully saturated rings. The summed E-state index contributed by atoms with van der Waals surface area (Å²) >= 11 is 0. The molecule has 2 aliphatic rings. The van der Waals surface area contributed by atoms with Gasteiger partial charge in [-0.1, -0.05) is 53.7 Å². The quantitative estimate of drug-likeness (QED) is 0.676. The summed E-state index contributed by atoms with van der Waals surface area (Å²) in [5.41, 5.74) is 2.56. The zero-order chi connectivity index (χ0) is 21.4. The van der Waals surface area contributed by atoms with Gasteiger partial charge in [0.05, 0.1) is 6.04 Å². The number of hydrogen-bond donors (Lipinski definition) is 0.